The topological polar surface area (TPSA) is 30.7 Å². The van der Waals surface area contributed by atoms with Gasteiger partial charge in [0.1, 0.15) is 0 Å². The molecule has 2 aromatic rings. The summed E-state index contributed by atoms with van der Waals surface area (Å²) < 4.78 is 37.8. The lowest BCUT2D eigenvalue weighted by molar-refractivity contribution is -0.141. The van der Waals surface area contributed by atoms with Gasteiger partial charge in [0.15, 0.2) is 5.69 Å². The van der Waals surface area contributed by atoms with Crippen LogP contribution in [0, 0.1) is 0 Å². The van der Waals surface area contributed by atoms with E-state index in [-0.39, 0.29) is 0 Å². The fourth-order valence-electron chi connectivity index (χ4n) is 1.11. The molecule has 0 N–H and O–H groups in total. The molecule has 0 bridgehead atoms. The molecule has 6 heteroatoms. The molecule has 0 radical (unpaired) electrons. The third-order valence-corrected chi connectivity index (χ3v) is 1.79. The van der Waals surface area contributed by atoms with E-state index in [1.165, 1.54) is 18.6 Å². The van der Waals surface area contributed by atoms with E-state index in [0.717, 1.165) is 10.7 Å². The van der Waals surface area contributed by atoms with Gasteiger partial charge in [-0.15, -0.1) is 0 Å². The highest BCUT2D eigenvalue weighted by Crippen LogP contribution is 2.27. The molecule has 0 fully saturated rings. The predicted octanol–water partition coefficient (Wildman–Crippen LogP) is 2.29. The Kier molecular flexibility index (Phi) is 2.18. The summed E-state index contributed by atoms with van der Waals surface area (Å²) in [6.07, 6.45) is -0.182. The van der Waals surface area contributed by atoms with Crippen LogP contribution in [0.15, 0.2) is 36.8 Å². The van der Waals surface area contributed by atoms with Crippen LogP contribution >= 0.6 is 0 Å². The predicted molar refractivity (Wildman–Crippen MR) is 46.4 cm³/mol. The van der Waals surface area contributed by atoms with Gasteiger partial charge in [-0.25, -0.2) is 4.68 Å². The molecule has 2 aromatic heterocycles. The number of hydrogen-bond donors (Lipinski definition) is 0. The zero-order valence-corrected chi connectivity index (χ0v) is 7.44. The number of rotatable bonds is 1. The number of halogens is 3. The molecule has 0 aliphatic rings. The first-order valence-corrected chi connectivity index (χ1v) is 4.10. The summed E-state index contributed by atoms with van der Waals surface area (Å²) in [4.78, 5) is 3.79. The minimum Gasteiger partial charge on any atom is -0.262 e. The summed E-state index contributed by atoms with van der Waals surface area (Å²) in [5.41, 5.74) is -0.417. The highest BCUT2D eigenvalue weighted by Gasteiger charge is 2.33. The van der Waals surface area contributed by atoms with E-state index < -0.39 is 11.9 Å². The third kappa shape index (κ3) is 1.98. The fourth-order valence-corrected chi connectivity index (χ4v) is 1.11. The van der Waals surface area contributed by atoms with Crippen molar-refractivity contribution in [3.05, 3.63) is 42.5 Å². The smallest absolute Gasteiger partial charge is 0.262 e. The van der Waals surface area contributed by atoms with Gasteiger partial charge in [0.05, 0.1) is 11.9 Å². The Hall–Kier alpha value is -1.85. The van der Waals surface area contributed by atoms with Crippen molar-refractivity contribution < 1.29 is 13.2 Å². The van der Waals surface area contributed by atoms with Crippen LogP contribution in [0.4, 0.5) is 13.2 Å². The molecule has 78 valence electrons. The second-order valence-corrected chi connectivity index (χ2v) is 2.85. The molecule has 0 saturated heterocycles. The van der Waals surface area contributed by atoms with Gasteiger partial charge in [0, 0.05) is 12.4 Å². The van der Waals surface area contributed by atoms with Gasteiger partial charge in [0.2, 0.25) is 0 Å². The maximum absolute atomic E-state index is 12.2. The van der Waals surface area contributed by atoms with Gasteiger partial charge in [0.25, 0.3) is 0 Å². The Morgan fingerprint density at radius 2 is 2.00 bits per heavy atom. The van der Waals surface area contributed by atoms with Crippen molar-refractivity contribution in [1.29, 1.82) is 0 Å². The van der Waals surface area contributed by atoms with Crippen LogP contribution in [0.3, 0.4) is 0 Å². The monoisotopic (exact) mass is 213 g/mol. The van der Waals surface area contributed by atoms with E-state index >= 15 is 0 Å². The molecule has 0 atom stereocenters. The van der Waals surface area contributed by atoms with Gasteiger partial charge >= 0.3 is 6.18 Å². The van der Waals surface area contributed by atoms with E-state index in [4.69, 9.17) is 0 Å². The van der Waals surface area contributed by atoms with E-state index in [9.17, 15) is 13.2 Å². The molecular weight excluding hydrogens is 207 g/mol. The van der Waals surface area contributed by atoms with Gasteiger partial charge in [-0.1, -0.05) is 0 Å². The average Bonchev–Trinajstić information content (AvgIpc) is 2.67. The summed E-state index contributed by atoms with van der Waals surface area (Å²) in [6.45, 7) is 0. The van der Waals surface area contributed by atoms with Crippen LogP contribution in [0.1, 0.15) is 5.69 Å². The number of nitrogens with zero attached hydrogens (tertiary/aromatic N) is 3. The first-order chi connectivity index (χ1) is 7.07. The Labute approximate surface area is 83.2 Å². The maximum Gasteiger partial charge on any atom is 0.435 e. The van der Waals surface area contributed by atoms with Crippen molar-refractivity contribution in [1.82, 2.24) is 14.8 Å². The van der Waals surface area contributed by atoms with Crippen molar-refractivity contribution >= 4 is 0 Å². The maximum atomic E-state index is 12.2. The molecule has 0 unspecified atom stereocenters. The van der Waals surface area contributed by atoms with Crippen molar-refractivity contribution in [3.63, 3.8) is 0 Å². The number of pyridine rings is 1. The number of alkyl halides is 3. The highest BCUT2D eigenvalue weighted by molar-refractivity contribution is 5.27. The Morgan fingerprint density at radius 3 is 2.53 bits per heavy atom. The number of aromatic nitrogens is 3. The molecule has 0 spiro atoms. The van der Waals surface area contributed by atoms with Crippen LogP contribution in [-0.2, 0) is 6.18 Å². The first kappa shape index (κ1) is 9.70. The SMILES string of the molecule is FC(F)(F)c1ccn(-c2cccnc2)n1. The van der Waals surface area contributed by atoms with Gasteiger partial charge in [-0.3, -0.25) is 4.98 Å². The van der Waals surface area contributed by atoms with E-state index in [2.05, 4.69) is 10.1 Å². The Bertz CT molecular complexity index is 447. The molecule has 15 heavy (non-hydrogen) atoms. The normalized spacial score (nSPS) is 11.7. The largest absolute Gasteiger partial charge is 0.435 e. The molecule has 3 nitrogen and oxygen atoms in total. The lowest BCUT2D eigenvalue weighted by Gasteiger charge is -2.01. The number of hydrogen-bond acceptors (Lipinski definition) is 2. The van der Waals surface area contributed by atoms with Crippen molar-refractivity contribution in [2.45, 2.75) is 6.18 Å². The lowest BCUT2D eigenvalue weighted by Crippen LogP contribution is -2.07. The lowest BCUT2D eigenvalue weighted by atomic mass is 10.4. The summed E-state index contributed by atoms with van der Waals surface area (Å²) in [5.74, 6) is 0. The van der Waals surface area contributed by atoms with Crippen LogP contribution in [0.5, 0.6) is 0 Å². The summed E-state index contributed by atoms with van der Waals surface area (Å²) in [5, 5.41) is 3.40. The molecule has 2 heterocycles. The quantitative estimate of drug-likeness (QED) is 0.727. The van der Waals surface area contributed by atoms with Crippen LogP contribution in [0.2, 0.25) is 0 Å². The van der Waals surface area contributed by atoms with Gasteiger partial charge in [-0.05, 0) is 18.2 Å². The highest BCUT2D eigenvalue weighted by atomic mass is 19.4. The second kappa shape index (κ2) is 3.38. The molecule has 0 saturated carbocycles. The molecule has 0 aromatic carbocycles. The van der Waals surface area contributed by atoms with Gasteiger partial charge < -0.3 is 0 Å². The van der Waals surface area contributed by atoms with E-state index in [0.29, 0.717) is 5.69 Å². The third-order valence-electron chi connectivity index (χ3n) is 1.79. The molecule has 0 aliphatic carbocycles. The van der Waals surface area contributed by atoms with Gasteiger partial charge in [-0.2, -0.15) is 18.3 Å². The Balaban J connectivity index is 2.37. The Morgan fingerprint density at radius 1 is 1.20 bits per heavy atom. The zero-order valence-electron chi connectivity index (χ0n) is 7.44. The minimum absolute atomic E-state index is 0.494. The summed E-state index contributed by atoms with van der Waals surface area (Å²) in [7, 11) is 0. The van der Waals surface area contributed by atoms with E-state index in [1.807, 2.05) is 0 Å². The van der Waals surface area contributed by atoms with E-state index in [1.54, 1.807) is 12.1 Å². The average molecular weight is 213 g/mol. The van der Waals surface area contributed by atoms with Crippen molar-refractivity contribution in [2.24, 2.45) is 0 Å². The molecule has 0 amide bonds. The minimum atomic E-state index is -4.41. The molecular formula is C9H6F3N3. The zero-order chi connectivity index (χ0) is 10.9. The van der Waals surface area contributed by atoms with Crippen LogP contribution < -0.4 is 0 Å². The first-order valence-electron chi connectivity index (χ1n) is 4.10. The standard InChI is InChI=1S/C9H6F3N3/c10-9(11,12)8-3-5-15(14-8)7-2-1-4-13-6-7/h1-6H. The fraction of sp³-hybridized carbons (Fsp3) is 0.111. The summed E-state index contributed by atoms with van der Waals surface area (Å²) in [6, 6.07) is 4.18. The molecule has 0 aliphatic heterocycles. The molecule has 2 rings (SSSR count). The second-order valence-electron chi connectivity index (χ2n) is 2.85. The van der Waals surface area contributed by atoms with Crippen LogP contribution in [-0.4, -0.2) is 14.8 Å². The van der Waals surface area contributed by atoms with Crippen LogP contribution in [0.25, 0.3) is 5.69 Å². The summed E-state index contributed by atoms with van der Waals surface area (Å²) >= 11 is 0. The van der Waals surface area contributed by atoms with Crippen molar-refractivity contribution in [3.8, 4) is 5.69 Å². The van der Waals surface area contributed by atoms with Crippen molar-refractivity contribution in [2.75, 3.05) is 0 Å².